The molecule has 0 spiro atoms. The Morgan fingerprint density at radius 3 is 2.64 bits per heavy atom. The van der Waals surface area contributed by atoms with Gasteiger partial charge in [-0.3, -0.25) is 9.78 Å². The van der Waals surface area contributed by atoms with Crippen molar-refractivity contribution in [3.05, 3.63) is 89.7 Å². The summed E-state index contributed by atoms with van der Waals surface area (Å²) in [7, 11) is 1.83. The molecular weight excluding hydrogens is 352 g/mol. The highest BCUT2D eigenvalue weighted by molar-refractivity contribution is 5.77. The average Bonchev–Trinajstić information content (AvgIpc) is 3.21. The molecule has 1 aliphatic heterocycles. The number of fused-ring (bicyclic) bond motifs is 1. The van der Waals surface area contributed by atoms with Gasteiger partial charge in [-0.2, -0.15) is 0 Å². The molecule has 4 rings (SSSR count). The topological polar surface area (TPSA) is 51.7 Å². The molecule has 1 aliphatic rings. The fourth-order valence-corrected chi connectivity index (χ4v) is 3.43. The van der Waals surface area contributed by atoms with Crippen LogP contribution in [0.15, 0.2) is 73.1 Å². The third kappa shape index (κ3) is 3.98. The number of hydrogen-bond donors (Lipinski definition) is 0. The average molecular weight is 374 g/mol. The standard InChI is InChI=1S/C23H22N2O3/c1-25(15-17-6-5-11-24-14-17)23(26)13-20(18-7-3-2-4-8-18)19-9-10-21-22(12-19)28-16-27-21/h2-12,14,20H,13,15-16H2,1H3/t20-/m0/s1. The predicted octanol–water partition coefficient (Wildman–Crippen LogP) is 3.99. The first-order chi connectivity index (χ1) is 13.7. The van der Waals surface area contributed by atoms with Crippen LogP contribution >= 0.6 is 0 Å². The van der Waals surface area contributed by atoms with E-state index < -0.39 is 0 Å². The first kappa shape index (κ1) is 18.0. The highest BCUT2D eigenvalue weighted by Gasteiger charge is 2.23. The Balaban J connectivity index is 1.57. The number of pyridine rings is 1. The number of amides is 1. The maximum atomic E-state index is 13.0. The third-order valence-corrected chi connectivity index (χ3v) is 4.95. The number of aromatic nitrogens is 1. The fourth-order valence-electron chi connectivity index (χ4n) is 3.43. The normalized spacial score (nSPS) is 13.2. The van der Waals surface area contributed by atoms with Crippen LogP contribution in [0, 0.1) is 0 Å². The summed E-state index contributed by atoms with van der Waals surface area (Å²) in [4.78, 5) is 18.9. The van der Waals surface area contributed by atoms with Crippen molar-refractivity contribution >= 4 is 5.91 Å². The van der Waals surface area contributed by atoms with Gasteiger partial charge >= 0.3 is 0 Å². The Kier molecular flexibility index (Phi) is 5.24. The summed E-state index contributed by atoms with van der Waals surface area (Å²) in [5.74, 6) is 1.50. The Morgan fingerprint density at radius 1 is 1.04 bits per heavy atom. The molecule has 0 unspecified atom stereocenters. The van der Waals surface area contributed by atoms with Crippen LogP contribution < -0.4 is 9.47 Å². The molecule has 1 amide bonds. The van der Waals surface area contributed by atoms with Crippen LogP contribution in [0.4, 0.5) is 0 Å². The van der Waals surface area contributed by atoms with E-state index in [9.17, 15) is 4.79 Å². The molecule has 0 fully saturated rings. The van der Waals surface area contributed by atoms with Gasteiger partial charge < -0.3 is 14.4 Å². The van der Waals surface area contributed by atoms with Crippen molar-refractivity contribution in [2.45, 2.75) is 18.9 Å². The minimum Gasteiger partial charge on any atom is -0.454 e. The zero-order valence-electron chi connectivity index (χ0n) is 15.7. The molecule has 142 valence electrons. The SMILES string of the molecule is CN(Cc1cccnc1)C(=O)C[C@@H](c1ccccc1)c1ccc2c(c1)OCO2. The third-order valence-electron chi connectivity index (χ3n) is 4.95. The smallest absolute Gasteiger partial charge is 0.231 e. The monoisotopic (exact) mass is 374 g/mol. The van der Waals surface area contributed by atoms with Gasteiger partial charge in [0.15, 0.2) is 11.5 Å². The van der Waals surface area contributed by atoms with Gasteiger partial charge in [-0.1, -0.05) is 42.5 Å². The minimum atomic E-state index is -0.0560. The van der Waals surface area contributed by atoms with Gasteiger partial charge in [0, 0.05) is 38.3 Å². The Bertz CT molecular complexity index is 945. The quantitative estimate of drug-likeness (QED) is 0.655. The van der Waals surface area contributed by atoms with E-state index in [2.05, 4.69) is 17.1 Å². The van der Waals surface area contributed by atoms with E-state index in [0.717, 1.165) is 28.2 Å². The molecule has 1 aromatic heterocycles. The molecule has 0 saturated heterocycles. The van der Waals surface area contributed by atoms with E-state index in [-0.39, 0.29) is 18.6 Å². The summed E-state index contributed by atoms with van der Waals surface area (Å²) in [6.45, 7) is 0.775. The van der Waals surface area contributed by atoms with Crippen LogP contribution in [0.5, 0.6) is 11.5 Å². The van der Waals surface area contributed by atoms with Gasteiger partial charge in [0.25, 0.3) is 0 Å². The van der Waals surface area contributed by atoms with Crippen LogP contribution in [0.2, 0.25) is 0 Å². The van der Waals surface area contributed by atoms with Gasteiger partial charge in [0.1, 0.15) is 0 Å². The molecule has 3 aromatic rings. The van der Waals surface area contributed by atoms with E-state index >= 15 is 0 Å². The Labute approximate surface area is 164 Å². The van der Waals surface area contributed by atoms with E-state index in [1.54, 1.807) is 17.3 Å². The highest BCUT2D eigenvalue weighted by Crippen LogP contribution is 2.37. The van der Waals surface area contributed by atoms with E-state index in [0.29, 0.717) is 13.0 Å². The number of hydrogen-bond acceptors (Lipinski definition) is 4. The molecule has 5 heteroatoms. The largest absolute Gasteiger partial charge is 0.454 e. The number of nitrogens with zero attached hydrogens (tertiary/aromatic N) is 2. The first-order valence-corrected chi connectivity index (χ1v) is 9.28. The van der Waals surface area contributed by atoms with Crippen molar-refractivity contribution in [1.82, 2.24) is 9.88 Å². The summed E-state index contributed by atoms with van der Waals surface area (Å²) in [5, 5.41) is 0. The second-order valence-electron chi connectivity index (χ2n) is 6.89. The van der Waals surface area contributed by atoms with Crippen molar-refractivity contribution in [2.24, 2.45) is 0 Å². The zero-order valence-corrected chi connectivity index (χ0v) is 15.7. The van der Waals surface area contributed by atoms with E-state index in [1.807, 2.05) is 55.6 Å². The maximum absolute atomic E-state index is 13.0. The first-order valence-electron chi connectivity index (χ1n) is 9.28. The number of carbonyl (C=O) groups is 1. The molecule has 2 aromatic carbocycles. The fraction of sp³-hybridized carbons (Fsp3) is 0.217. The van der Waals surface area contributed by atoms with Crippen LogP contribution in [-0.2, 0) is 11.3 Å². The predicted molar refractivity (Wildman–Crippen MR) is 106 cm³/mol. The minimum absolute atomic E-state index is 0.0560. The van der Waals surface area contributed by atoms with Crippen molar-refractivity contribution in [3.8, 4) is 11.5 Å². The van der Waals surface area contributed by atoms with Gasteiger partial charge in [-0.05, 0) is 34.9 Å². The summed E-state index contributed by atoms with van der Waals surface area (Å²) < 4.78 is 11.0. The lowest BCUT2D eigenvalue weighted by molar-refractivity contribution is -0.130. The number of ether oxygens (including phenoxy) is 2. The number of rotatable bonds is 6. The Morgan fingerprint density at radius 2 is 1.86 bits per heavy atom. The summed E-state index contributed by atoms with van der Waals surface area (Å²) in [6.07, 6.45) is 3.90. The van der Waals surface area contributed by atoms with E-state index in [1.165, 1.54) is 0 Å². The molecule has 5 nitrogen and oxygen atoms in total. The lowest BCUT2D eigenvalue weighted by atomic mass is 9.88. The van der Waals surface area contributed by atoms with E-state index in [4.69, 9.17) is 9.47 Å². The molecule has 0 aliphatic carbocycles. The second-order valence-corrected chi connectivity index (χ2v) is 6.89. The maximum Gasteiger partial charge on any atom is 0.231 e. The van der Waals surface area contributed by atoms with Crippen molar-refractivity contribution in [3.63, 3.8) is 0 Å². The van der Waals surface area contributed by atoms with Crippen LogP contribution in [-0.4, -0.2) is 29.6 Å². The molecule has 0 saturated carbocycles. The van der Waals surface area contributed by atoms with Gasteiger partial charge in [0.2, 0.25) is 12.7 Å². The van der Waals surface area contributed by atoms with Gasteiger partial charge in [-0.25, -0.2) is 0 Å². The summed E-state index contributed by atoms with van der Waals surface area (Å²) >= 11 is 0. The number of benzene rings is 2. The second kappa shape index (κ2) is 8.13. The summed E-state index contributed by atoms with van der Waals surface area (Å²) in [6, 6.07) is 19.9. The van der Waals surface area contributed by atoms with Crippen molar-refractivity contribution in [1.29, 1.82) is 0 Å². The zero-order chi connectivity index (χ0) is 19.3. The van der Waals surface area contributed by atoms with Crippen LogP contribution in [0.3, 0.4) is 0 Å². The lowest BCUT2D eigenvalue weighted by Gasteiger charge is -2.23. The van der Waals surface area contributed by atoms with Crippen molar-refractivity contribution < 1.29 is 14.3 Å². The molecular formula is C23H22N2O3. The van der Waals surface area contributed by atoms with Crippen LogP contribution in [0.1, 0.15) is 29.0 Å². The van der Waals surface area contributed by atoms with Gasteiger partial charge in [0.05, 0.1) is 0 Å². The highest BCUT2D eigenvalue weighted by atomic mass is 16.7. The molecule has 2 heterocycles. The Hall–Kier alpha value is -3.34. The van der Waals surface area contributed by atoms with Crippen LogP contribution in [0.25, 0.3) is 0 Å². The molecule has 0 N–H and O–H groups in total. The molecule has 0 bridgehead atoms. The van der Waals surface area contributed by atoms with Crippen molar-refractivity contribution in [2.75, 3.05) is 13.8 Å². The summed E-state index contributed by atoms with van der Waals surface area (Å²) in [5.41, 5.74) is 3.15. The lowest BCUT2D eigenvalue weighted by Crippen LogP contribution is -2.28. The molecule has 0 radical (unpaired) electrons. The molecule has 1 atom stereocenters. The number of carbonyl (C=O) groups excluding carboxylic acids is 1. The van der Waals surface area contributed by atoms with Gasteiger partial charge in [-0.15, -0.1) is 0 Å². The molecule has 28 heavy (non-hydrogen) atoms.